The Labute approximate surface area is 351 Å². The maximum atomic E-state index is 11.8. The molecule has 0 saturated heterocycles. The second-order valence-electron chi connectivity index (χ2n) is 18.4. The smallest absolute Gasteiger partial charge is 0.323 e. The molecule has 10 heteroatoms. The lowest BCUT2D eigenvalue weighted by Crippen LogP contribution is -2.53. The number of guanidine groups is 1. The Hall–Kier alpha value is -2.63. The van der Waals surface area contributed by atoms with E-state index in [0.29, 0.717) is 58.9 Å². The first-order valence-electron chi connectivity index (χ1n) is 21.3. The zero-order chi connectivity index (χ0) is 39.9. The van der Waals surface area contributed by atoms with Gasteiger partial charge in [-0.2, -0.15) is 0 Å². The summed E-state index contributed by atoms with van der Waals surface area (Å²) in [6, 6.07) is 0. The fraction of sp³-hybridized carbons (Fsp3) is 0.739. The predicted octanol–water partition coefficient (Wildman–Crippen LogP) is 5.75. The standard InChI is InChI=1S/2C21H28O2.C4H9N3O2.Mg.2H/c2*1-3-20-11-9-17-16-8-6-15(22)13-14(16)5-7-18(17)19(20)10-12-21(20,23)4-2;1-7(4(5)6)2-3(8)9;;;/h2*2,13,16-19,23H,3,5-12H2,1H3;2H2,1H3,(H3,5,6)(H,8,9);;;/t2*16-,17+,18+,19-,20-,21-;;;;/m00..../s1. The van der Waals surface area contributed by atoms with Crippen LogP contribution in [0.15, 0.2) is 23.3 Å². The fourth-order valence-corrected chi connectivity index (χ4v) is 14.2. The number of carbonyl (C=O) groups excluding carboxylic acids is 2. The Bertz CT molecular complexity index is 1590. The lowest BCUT2D eigenvalue weighted by atomic mass is 9.49. The molecule has 6 N–H and O–H groups in total. The molecule has 6 fully saturated rings. The Morgan fingerprint density at radius 2 is 1.16 bits per heavy atom. The molecule has 0 unspecified atom stereocenters. The lowest BCUT2D eigenvalue weighted by molar-refractivity contribution is -0.137. The molecule has 0 bridgehead atoms. The Kier molecular flexibility index (Phi) is 13.7. The van der Waals surface area contributed by atoms with Crippen LogP contribution >= 0.6 is 0 Å². The molecule has 56 heavy (non-hydrogen) atoms. The predicted molar refractivity (Wildman–Crippen MR) is 222 cm³/mol. The van der Waals surface area contributed by atoms with Crippen molar-refractivity contribution in [3.05, 3.63) is 23.3 Å². The number of rotatable bonds is 4. The number of ketones is 2. The first-order chi connectivity index (χ1) is 26.1. The molecule has 0 spiro atoms. The van der Waals surface area contributed by atoms with Gasteiger partial charge in [-0.05, 0) is 162 Å². The molecule has 0 heterocycles. The van der Waals surface area contributed by atoms with Gasteiger partial charge in [-0.1, -0.05) is 36.8 Å². The van der Waals surface area contributed by atoms with E-state index in [2.05, 4.69) is 25.7 Å². The molecule has 0 aromatic rings. The van der Waals surface area contributed by atoms with E-state index in [1.54, 1.807) is 0 Å². The zero-order valence-corrected chi connectivity index (χ0v) is 33.5. The number of nitrogens with one attached hydrogen (secondary N) is 1. The van der Waals surface area contributed by atoms with Crippen LogP contribution in [0.25, 0.3) is 0 Å². The number of carboxylic acid groups (broad SMARTS) is 1. The largest absolute Gasteiger partial charge is 0.480 e. The summed E-state index contributed by atoms with van der Waals surface area (Å²) in [4.78, 5) is 34.5. The van der Waals surface area contributed by atoms with Crippen molar-refractivity contribution >= 4 is 46.5 Å². The average molecular weight is 782 g/mol. The number of likely N-dealkylation sites (N-methyl/N-ethyl adjacent to an activating group) is 1. The molecule has 0 aromatic heterocycles. The minimum Gasteiger partial charge on any atom is -0.480 e. The molecule has 0 amide bonds. The van der Waals surface area contributed by atoms with Crippen LogP contribution in [0.5, 0.6) is 0 Å². The van der Waals surface area contributed by atoms with Crippen LogP contribution in [0.3, 0.4) is 0 Å². The van der Waals surface area contributed by atoms with Gasteiger partial charge in [0.2, 0.25) is 0 Å². The summed E-state index contributed by atoms with van der Waals surface area (Å²) < 4.78 is 0. The molecule has 0 aromatic carbocycles. The Morgan fingerprint density at radius 3 is 1.48 bits per heavy atom. The van der Waals surface area contributed by atoms with E-state index in [-0.39, 0.29) is 46.4 Å². The van der Waals surface area contributed by atoms with E-state index in [1.165, 1.54) is 43.9 Å². The summed E-state index contributed by atoms with van der Waals surface area (Å²) in [5, 5.41) is 37.1. The molecule has 0 aliphatic heterocycles. The van der Waals surface area contributed by atoms with Crippen molar-refractivity contribution in [3.63, 3.8) is 0 Å². The fourth-order valence-electron chi connectivity index (χ4n) is 14.2. The SMILES string of the molecule is C#C[C@]1(O)CC[C@H]2[C@@H]3CCC4=CC(=O)CC[C@@H]4[C@H]3CC[C@@]21CC.C#C[C@]1(O)CC[C@H]2[C@@H]3CCC4=CC(=O)CC[C@@H]4[C@H]3CC[C@@]21CC.CN(CC(=O)O)C(=N)N.[MgH2]. The van der Waals surface area contributed by atoms with Gasteiger partial charge in [-0.25, -0.2) is 0 Å². The summed E-state index contributed by atoms with van der Waals surface area (Å²) in [6.45, 7) is 4.21. The first kappa shape index (κ1) is 44.5. The van der Waals surface area contributed by atoms with E-state index < -0.39 is 17.2 Å². The number of terminal acetylenes is 2. The van der Waals surface area contributed by atoms with E-state index >= 15 is 0 Å². The number of hydrogen-bond donors (Lipinski definition) is 5. The van der Waals surface area contributed by atoms with E-state index in [9.17, 15) is 24.6 Å². The molecule has 12 atom stereocenters. The van der Waals surface area contributed by atoms with Crippen LogP contribution in [0.4, 0.5) is 0 Å². The van der Waals surface area contributed by atoms with Crippen molar-refractivity contribution in [1.29, 1.82) is 5.41 Å². The molecule has 304 valence electrons. The van der Waals surface area contributed by atoms with Crippen molar-refractivity contribution in [2.45, 2.75) is 141 Å². The molecule has 8 aliphatic carbocycles. The number of aliphatic carboxylic acids is 1. The van der Waals surface area contributed by atoms with Gasteiger partial charge >= 0.3 is 29.0 Å². The van der Waals surface area contributed by atoms with Crippen molar-refractivity contribution in [2.75, 3.05) is 13.6 Å². The number of allylic oxidation sites excluding steroid dienone is 2. The van der Waals surface area contributed by atoms with Crippen molar-refractivity contribution < 1.29 is 29.7 Å². The Balaban J connectivity index is 0.000000175. The van der Waals surface area contributed by atoms with Crippen molar-refractivity contribution in [2.24, 2.45) is 63.9 Å². The van der Waals surface area contributed by atoms with Gasteiger partial charge in [0.15, 0.2) is 17.5 Å². The van der Waals surface area contributed by atoms with Gasteiger partial charge in [0.25, 0.3) is 0 Å². The summed E-state index contributed by atoms with van der Waals surface area (Å²) >= 11 is 0. The van der Waals surface area contributed by atoms with Gasteiger partial charge in [0.05, 0.1) is 0 Å². The summed E-state index contributed by atoms with van der Waals surface area (Å²) in [5.74, 6) is 10.2. The topological polar surface area (TPSA) is 165 Å². The third kappa shape index (κ3) is 7.55. The summed E-state index contributed by atoms with van der Waals surface area (Å²) in [5.41, 5.74) is 5.88. The third-order valence-electron chi connectivity index (χ3n) is 16.8. The highest BCUT2D eigenvalue weighted by atomic mass is 24.3. The van der Waals surface area contributed by atoms with Crippen molar-refractivity contribution in [3.8, 4) is 24.7 Å². The Morgan fingerprint density at radius 1 is 0.750 bits per heavy atom. The molecular formula is C46H67MgN3O6. The van der Waals surface area contributed by atoms with Crippen LogP contribution in [-0.2, 0) is 14.4 Å². The monoisotopic (exact) mass is 781 g/mol. The van der Waals surface area contributed by atoms with Crippen LogP contribution in [-0.4, -0.2) is 91.6 Å². The maximum absolute atomic E-state index is 11.8. The summed E-state index contributed by atoms with van der Waals surface area (Å²) in [7, 11) is 1.44. The normalized spacial score (nSPS) is 41.4. The molecule has 6 saturated carbocycles. The quantitative estimate of drug-likeness (QED) is 0.104. The highest BCUT2D eigenvalue weighted by Crippen LogP contribution is 2.67. The average Bonchev–Trinajstić information content (AvgIpc) is 3.66. The highest BCUT2D eigenvalue weighted by molar-refractivity contribution is 5.91. The molecule has 0 radical (unpaired) electrons. The van der Waals surface area contributed by atoms with E-state index in [0.717, 1.165) is 94.8 Å². The number of fused-ring (bicyclic) bond motifs is 10. The second kappa shape index (κ2) is 17.3. The number of nitrogens with zero attached hydrogens (tertiary/aromatic N) is 1. The number of aliphatic hydroxyl groups is 2. The van der Waals surface area contributed by atoms with Crippen molar-refractivity contribution in [1.82, 2.24) is 4.90 Å². The third-order valence-corrected chi connectivity index (χ3v) is 16.8. The number of carboxylic acids is 1. The van der Waals surface area contributed by atoms with Crippen LogP contribution in [0, 0.1) is 88.3 Å². The van der Waals surface area contributed by atoms with Gasteiger partial charge in [-0.3, -0.25) is 19.8 Å². The van der Waals surface area contributed by atoms with Crippen LogP contribution in [0.2, 0.25) is 0 Å². The van der Waals surface area contributed by atoms with Gasteiger partial charge in [-0.15, -0.1) is 12.8 Å². The minimum atomic E-state index is -0.993. The zero-order valence-electron chi connectivity index (χ0n) is 33.5. The number of hydrogen-bond acceptors (Lipinski definition) is 6. The minimum absolute atomic E-state index is 0. The number of nitrogens with two attached hydrogens (primary N) is 1. The molecule has 9 nitrogen and oxygen atoms in total. The molecular weight excluding hydrogens is 715 g/mol. The molecule has 8 aliphatic rings. The van der Waals surface area contributed by atoms with Gasteiger partial charge < -0.3 is 26.0 Å². The van der Waals surface area contributed by atoms with Crippen LogP contribution < -0.4 is 5.73 Å². The number of carbonyl (C=O) groups is 3. The van der Waals surface area contributed by atoms with Gasteiger partial charge in [0, 0.05) is 30.7 Å². The lowest BCUT2D eigenvalue weighted by Gasteiger charge is -2.55. The summed E-state index contributed by atoms with van der Waals surface area (Å²) in [6.07, 6.45) is 33.8. The van der Waals surface area contributed by atoms with Gasteiger partial charge in [0.1, 0.15) is 17.7 Å². The van der Waals surface area contributed by atoms with E-state index in [4.69, 9.17) is 29.1 Å². The van der Waals surface area contributed by atoms with Crippen LogP contribution in [0.1, 0.15) is 129 Å². The van der Waals surface area contributed by atoms with E-state index in [1.807, 2.05) is 12.2 Å². The highest BCUT2D eigenvalue weighted by Gasteiger charge is 2.64. The molecule has 8 rings (SSSR count). The maximum Gasteiger partial charge on any atom is 0.323 e. The first-order valence-corrected chi connectivity index (χ1v) is 21.3. The second-order valence-corrected chi connectivity index (χ2v) is 18.4.